The highest BCUT2D eigenvalue weighted by Gasteiger charge is 2.24. The van der Waals surface area contributed by atoms with E-state index in [0.29, 0.717) is 5.56 Å². The molecular weight excluding hydrogens is 288 g/mol. The van der Waals surface area contributed by atoms with E-state index in [1.165, 1.54) is 18.2 Å². The molecule has 21 heavy (non-hydrogen) atoms. The lowest BCUT2D eigenvalue weighted by Crippen LogP contribution is -2.21. The number of amides is 1. The lowest BCUT2D eigenvalue weighted by atomic mass is 9.89. The minimum absolute atomic E-state index is 0.0739. The zero-order valence-corrected chi connectivity index (χ0v) is 12.3. The molecule has 110 valence electrons. The number of rotatable bonds is 4. The largest absolute Gasteiger partial charge is 0.366 e. The summed E-state index contributed by atoms with van der Waals surface area (Å²) in [6.45, 7) is 1.81. The third-order valence-corrected chi connectivity index (χ3v) is 4.34. The fraction of sp³-hybridized carbons (Fsp3) is 0.133. The Balaban J connectivity index is 2.73. The number of sulfonamides is 1. The van der Waals surface area contributed by atoms with Crippen LogP contribution in [0.2, 0.25) is 0 Å². The number of primary sulfonamides is 1. The number of primary amides is 1. The zero-order chi connectivity index (χ0) is 15.6. The molecule has 0 spiro atoms. The minimum Gasteiger partial charge on any atom is -0.366 e. The number of nitrogens with two attached hydrogens (primary N) is 2. The van der Waals surface area contributed by atoms with Crippen LogP contribution in [0.15, 0.2) is 53.4 Å². The molecule has 0 radical (unpaired) electrons. The fourth-order valence-corrected chi connectivity index (χ4v) is 3.22. The van der Waals surface area contributed by atoms with Crippen molar-refractivity contribution >= 4 is 15.9 Å². The minimum atomic E-state index is -3.95. The highest BCUT2D eigenvalue weighted by molar-refractivity contribution is 7.89. The molecule has 0 saturated heterocycles. The highest BCUT2D eigenvalue weighted by atomic mass is 32.2. The van der Waals surface area contributed by atoms with Crippen LogP contribution in [-0.4, -0.2) is 14.3 Å². The van der Waals surface area contributed by atoms with E-state index < -0.39 is 15.9 Å². The summed E-state index contributed by atoms with van der Waals surface area (Å²) in [5.41, 5.74) is 6.74. The summed E-state index contributed by atoms with van der Waals surface area (Å²) in [7, 11) is -3.95. The van der Waals surface area contributed by atoms with Gasteiger partial charge in [0.2, 0.25) is 15.9 Å². The van der Waals surface area contributed by atoms with Gasteiger partial charge in [-0.15, -0.1) is 0 Å². The van der Waals surface area contributed by atoms with Crippen molar-refractivity contribution in [3.8, 4) is 0 Å². The summed E-state index contributed by atoms with van der Waals surface area (Å²) in [6, 6.07) is 13.6. The van der Waals surface area contributed by atoms with Crippen LogP contribution in [0.5, 0.6) is 0 Å². The Labute approximate surface area is 123 Å². The van der Waals surface area contributed by atoms with Gasteiger partial charge < -0.3 is 5.73 Å². The molecule has 0 aromatic heterocycles. The van der Waals surface area contributed by atoms with Crippen molar-refractivity contribution in [2.24, 2.45) is 10.9 Å². The predicted molar refractivity (Wildman–Crippen MR) is 80.3 cm³/mol. The quantitative estimate of drug-likeness (QED) is 0.896. The molecule has 2 aromatic rings. The molecular formula is C15H16N2O3S. The first-order chi connectivity index (χ1) is 9.82. The van der Waals surface area contributed by atoms with E-state index in [4.69, 9.17) is 10.9 Å². The summed E-state index contributed by atoms with van der Waals surface area (Å²) < 4.78 is 23.6. The van der Waals surface area contributed by atoms with Crippen LogP contribution in [0.1, 0.15) is 34.3 Å². The Morgan fingerprint density at radius 1 is 1.05 bits per heavy atom. The molecule has 1 amide bonds. The number of hydrogen-bond donors (Lipinski definition) is 2. The van der Waals surface area contributed by atoms with Crippen LogP contribution in [0.3, 0.4) is 0 Å². The molecule has 2 rings (SSSR count). The molecule has 0 bridgehead atoms. The first kappa shape index (κ1) is 15.2. The van der Waals surface area contributed by atoms with Gasteiger partial charge in [-0.25, -0.2) is 13.6 Å². The fourth-order valence-electron chi connectivity index (χ4n) is 2.36. The van der Waals surface area contributed by atoms with Crippen LogP contribution in [0.25, 0.3) is 0 Å². The van der Waals surface area contributed by atoms with Gasteiger partial charge in [0, 0.05) is 11.5 Å². The normalized spacial score (nSPS) is 12.9. The van der Waals surface area contributed by atoms with Gasteiger partial charge in [-0.2, -0.15) is 0 Å². The topological polar surface area (TPSA) is 103 Å². The van der Waals surface area contributed by atoms with Gasteiger partial charge in [0.15, 0.2) is 0 Å². The third-order valence-electron chi connectivity index (χ3n) is 3.37. The lowest BCUT2D eigenvalue weighted by Gasteiger charge is -2.18. The second-order valence-electron chi connectivity index (χ2n) is 4.76. The molecule has 0 aliphatic carbocycles. The van der Waals surface area contributed by atoms with Crippen molar-refractivity contribution in [1.29, 1.82) is 0 Å². The summed E-state index contributed by atoms with van der Waals surface area (Å²) in [5.74, 6) is -1.01. The maximum absolute atomic E-state index is 11.8. The highest BCUT2D eigenvalue weighted by Crippen LogP contribution is 2.31. The second-order valence-corrected chi connectivity index (χ2v) is 6.29. The molecule has 0 saturated carbocycles. The molecule has 0 aliphatic rings. The number of benzene rings is 2. The third kappa shape index (κ3) is 3.12. The molecule has 2 aromatic carbocycles. The zero-order valence-electron chi connectivity index (χ0n) is 11.5. The van der Waals surface area contributed by atoms with E-state index in [0.717, 1.165) is 5.56 Å². The Morgan fingerprint density at radius 3 is 2.19 bits per heavy atom. The van der Waals surface area contributed by atoms with Crippen LogP contribution < -0.4 is 10.9 Å². The van der Waals surface area contributed by atoms with E-state index in [-0.39, 0.29) is 16.4 Å². The van der Waals surface area contributed by atoms with Gasteiger partial charge >= 0.3 is 0 Å². The molecule has 4 N–H and O–H groups in total. The molecule has 0 heterocycles. The molecule has 1 unspecified atom stereocenters. The summed E-state index contributed by atoms with van der Waals surface area (Å²) in [6.07, 6.45) is 0. The molecule has 6 heteroatoms. The SMILES string of the molecule is CC(c1ccccc1)c1c(C(N)=O)cccc1S(N)(=O)=O. The van der Waals surface area contributed by atoms with Crippen LogP contribution in [0.4, 0.5) is 0 Å². The molecule has 5 nitrogen and oxygen atoms in total. The van der Waals surface area contributed by atoms with E-state index in [1.54, 1.807) is 0 Å². The standard InChI is InChI=1S/C15H16N2O3S/c1-10(11-6-3-2-4-7-11)14-12(15(16)18)8-5-9-13(14)21(17,19)20/h2-10H,1H3,(H2,16,18)(H2,17,19,20). The average Bonchev–Trinajstić information content (AvgIpc) is 2.45. The maximum atomic E-state index is 11.8. The Morgan fingerprint density at radius 2 is 1.67 bits per heavy atom. The number of carbonyl (C=O) groups is 1. The number of hydrogen-bond acceptors (Lipinski definition) is 3. The van der Waals surface area contributed by atoms with Crippen LogP contribution >= 0.6 is 0 Å². The first-order valence-corrected chi connectivity index (χ1v) is 7.87. The van der Waals surface area contributed by atoms with Gasteiger partial charge in [-0.1, -0.05) is 43.3 Å². The van der Waals surface area contributed by atoms with Crippen molar-refractivity contribution in [1.82, 2.24) is 0 Å². The van der Waals surface area contributed by atoms with E-state index in [1.807, 2.05) is 37.3 Å². The molecule has 1 atom stereocenters. The van der Waals surface area contributed by atoms with Crippen molar-refractivity contribution in [3.05, 3.63) is 65.2 Å². The Kier molecular flexibility index (Phi) is 4.11. The van der Waals surface area contributed by atoms with E-state index in [9.17, 15) is 13.2 Å². The van der Waals surface area contributed by atoms with Crippen molar-refractivity contribution in [3.63, 3.8) is 0 Å². The second kappa shape index (κ2) is 5.67. The van der Waals surface area contributed by atoms with Crippen LogP contribution in [-0.2, 0) is 10.0 Å². The molecule has 0 fully saturated rings. The van der Waals surface area contributed by atoms with Gasteiger partial charge in [0.05, 0.1) is 4.90 Å². The average molecular weight is 304 g/mol. The van der Waals surface area contributed by atoms with Gasteiger partial charge in [0.25, 0.3) is 0 Å². The van der Waals surface area contributed by atoms with Crippen molar-refractivity contribution < 1.29 is 13.2 Å². The Hall–Kier alpha value is -2.18. The van der Waals surface area contributed by atoms with Gasteiger partial charge in [-0.3, -0.25) is 4.79 Å². The monoisotopic (exact) mass is 304 g/mol. The van der Waals surface area contributed by atoms with Crippen LogP contribution in [0, 0.1) is 0 Å². The number of carbonyl (C=O) groups excluding carboxylic acids is 1. The smallest absolute Gasteiger partial charge is 0.249 e. The first-order valence-electron chi connectivity index (χ1n) is 6.33. The van der Waals surface area contributed by atoms with E-state index >= 15 is 0 Å². The Bertz CT molecular complexity index is 771. The van der Waals surface area contributed by atoms with E-state index in [2.05, 4.69) is 0 Å². The maximum Gasteiger partial charge on any atom is 0.249 e. The van der Waals surface area contributed by atoms with Crippen molar-refractivity contribution in [2.45, 2.75) is 17.7 Å². The lowest BCUT2D eigenvalue weighted by molar-refractivity contribution is 0.0999. The summed E-state index contributed by atoms with van der Waals surface area (Å²) in [5, 5.41) is 5.26. The van der Waals surface area contributed by atoms with Crippen molar-refractivity contribution in [2.75, 3.05) is 0 Å². The molecule has 0 aliphatic heterocycles. The predicted octanol–water partition coefficient (Wildman–Crippen LogP) is 1.58. The summed E-state index contributed by atoms with van der Waals surface area (Å²) >= 11 is 0. The van der Waals surface area contributed by atoms with Gasteiger partial charge in [0.1, 0.15) is 0 Å². The summed E-state index contributed by atoms with van der Waals surface area (Å²) in [4.78, 5) is 11.5. The van der Waals surface area contributed by atoms with Gasteiger partial charge in [-0.05, 0) is 23.3 Å².